The van der Waals surface area contributed by atoms with Crippen molar-refractivity contribution < 1.29 is 4.79 Å². The van der Waals surface area contributed by atoms with Crippen molar-refractivity contribution in [2.75, 3.05) is 6.54 Å². The fourth-order valence-electron chi connectivity index (χ4n) is 3.88. The molecule has 5 heteroatoms. The number of likely N-dealkylation sites (tertiary alicyclic amines) is 1. The molecule has 5 nitrogen and oxygen atoms in total. The lowest BCUT2D eigenvalue weighted by molar-refractivity contribution is 0.0563. The third kappa shape index (κ3) is 3.03. The third-order valence-corrected chi connectivity index (χ3v) is 5.15. The molecule has 1 saturated carbocycles. The molecule has 2 heterocycles. The van der Waals surface area contributed by atoms with E-state index in [1.54, 1.807) is 4.68 Å². The maximum atomic E-state index is 13.0. The van der Waals surface area contributed by atoms with Gasteiger partial charge in [-0.3, -0.25) is 4.79 Å². The second-order valence-electron chi connectivity index (χ2n) is 7.83. The summed E-state index contributed by atoms with van der Waals surface area (Å²) in [6.07, 6.45) is 10.5. The number of fused-ring (bicyclic) bond motifs is 1. The molecule has 0 spiro atoms. The van der Waals surface area contributed by atoms with Crippen LogP contribution < -0.4 is 0 Å². The van der Waals surface area contributed by atoms with Gasteiger partial charge in [0.15, 0.2) is 5.69 Å². The Kier molecular flexibility index (Phi) is 4.24. The van der Waals surface area contributed by atoms with E-state index in [0.717, 1.165) is 19.4 Å². The molecule has 1 aromatic rings. The third-order valence-electron chi connectivity index (χ3n) is 5.15. The van der Waals surface area contributed by atoms with E-state index in [4.69, 9.17) is 0 Å². The van der Waals surface area contributed by atoms with Crippen molar-refractivity contribution in [2.45, 2.75) is 77.3 Å². The van der Waals surface area contributed by atoms with Gasteiger partial charge in [-0.15, -0.1) is 5.10 Å². The molecule has 1 aromatic heterocycles. The molecule has 1 aliphatic heterocycles. The van der Waals surface area contributed by atoms with Crippen LogP contribution in [0.2, 0.25) is 0 Å². The lowest BCUT2D eigenvalue weighted by Gasteiger charge is -2.37. The highest BCUT2D eigenvalue weighted by Gasteiger charge is 2.35. The van der Waals surface area contributed by atoms with Crippen LogP contribution in [0.5, 0.6) is 0 Å². The maximum Gasteiger partial charge on any atom is 0.276 e. The number of amides is 1. The van der Waals surface area contributed by atoms with Crippen molar-refractivity contribution in [3.8, 4) is 0 Å². The standard InChI is InChI=1S/C17H28N4O/c1-17(2,3)21-12-14(18-19-21)16(22)20-11-7-6-9-13-8-4-5-10-15(13)20/h12-13,15H,4-11H2,1-3H3. The van der Waals surface area contributed by atoms with Crippen LogP contribution in [0.15, 0.2) is 6.20 Å². The van der Waals surface area contributed by atoms with Gasteiger partial charge in [-0.2, -0.15) is 0 Å². The van der Waals surface area contributed by atoms with Gasteiger partial charge in [-0.1, -0.05) is 24.5 Å². The summed E-state index contributed by atoms with van der Waals surface area (Å²) in [5.41, 5.74) is 0.360. The van der Waals surface area contributed by atoms with Crippen molar-refractivity contribution >= 4 is 5.91 Å². The van der Waals surface area contributed by atoms with Gasteiger partial charge >= 0.3 is 0 Å². The Hall–Kier alpha value is -1.39. The van der Waals surface area contributed by atoms with Crippen molar-refractivity contribution in [3.05, 3.63) is 11.9 Å². The Morgan fingerprint density at radius 2 is 1.82 bits per heavy atom. The summed E-state index contributed by atoms with van der Waals surface area (Å²) in [6.45, 7) is 7.08. The molecule has 122 valence electrons. The molecule has 0 N–H and O–H groups in total. The van der Waals surface area contributed by atoms with Gasteiger partial charge < -0.3 is 4.90 Å². The lowest BCUT2D eigenvalue weighted by atomic mass is 9.81. The van der Waals surface area contributed by atoms with Crippen LogP contribution in [0, 0.1) is 5.92 Å². The molecule has 0 radical (unpaired) electrons. The Morgan fingerprint density at radius 1 is 1.14 bits per heavy atom. The van der Waals surface area contributed by atoms with Crippen LogP contribution in [0.4, 0.5) is 0 Å². The van der Waals surface area contributed by atoms with Gasteiger partial charge in [0, 0.05) is 12.6 Å². The molecule has 22 heavy (non-hydrogen) atoms. The number of aromatic nitrogens is 3. The second kappa shape index (κ2) is 6.01. The Bertz CT molecular complexity index is 531. The van der Waals surface area contributed by atoms with E-state index in [9.17, 15) is 4.79 Å². The highest BCUT2D eigenvalue weighted by molar-refractivity contribution is 5.92. The first kappa shape index (κ1) is 15.5. The summed E-state index contributed by atoms with van der Waals surface area (Å²) in [5.74, 6) is 0.771. The maximum absolute atomic E-state index is 13.0. The molecule has 2 atom stereocenters. The van der Waals surface area contributed by atoms with E-state index < -0.39 is 0 Å². The summed E-state index contributed by atoms with van der Waals surface area (Å²) in [5, 5.41) is 8.30. The number of nitrogens with zero attached hydrogens (tertiary/aromatic N) is 4. The summed E-state index contributed by atoms with van der Waals surface area (Å²) in [6, 6.07) is 0.420. The van der Waals surface area contributed by atoms with Gasteiger partial charge in [0.05, 0.1) is 11.7 Å². The number of hydrogen-bond donors (Lipinski definition) is 0. The Labute approximate surface area is 133 Å². The predicted molar refractivity (Wildman–Crippen MR) is 85.7 cm³/mol. The fourth-order valence-corrected chi connectivity index (χ4v) is 3.88. The van der Waals surface area contributed by atoms with Gasteiger partial charge in [0.2, 0.25) is 0 Å². The monoisotopic (exact) mass is 304 g/mol. The zero-order valence-electron chi connectivity index (χ0n) is 14.1. The molecule has 1 saturated heterocycles. The summed E-state index contributed by atoms with van der Waals surface area (Å²) in [7, 11) is 0. The molecule has 0 aromatic carbocycles. The van der Waals surface area contributed by atoms with E-state index >= 15 is 0 Å². The zero-order valence-corrected chi connectivity index (χ0v) is 14.1. The van der Waals surface area contributed by atoms with Crippen LogP contribution in [-0.4, -0.2) is 38.4 Å². The van der Waals surface area contributed by atoms with E-state index in [2.05, 4.69) is 36.0 Å². The van der Waals surface area contributed by atoms with E-state index in [0.29, 0.717) is 17.7 Å². The minimum absolute atomic E-state index is 0.0781. The van der Waals surface area contributed by atoms with Crippen LogP contribution >= 0.6 is 0 Å². The van der Waals surface area contributed by atoms with Gasteiger partial charge in [0.25, 0.3) is 5.91 Å². The number of carbonyl (C=O) groups excluding carboxylic acids is 1. The normalized spacial score (nSPS) is 26.4. The smallest absolute Gasteiger partial charge is 0.276 e. The van der Waals surface area contributed by atoms with Crippen molar-refractivity contribution in [1.82, 2.24) is 19.9 Å². The average molecular weight is 304 g/mol. The predicted octanol–water partition coefficient (Wildman–Crippen LogP) is 3.22. The van der Waals surface area contributed by atoms with Gasteiger partial charge in [0.1, 0.15) is 0 Å². The minimum atomic E-state index is -0.141. The van der Waals surface area contributed by atoms with Crippen LogP contribution in [-0.2, 0) is 5.54 Å². The average Bonchev–Trinajstić information content (AvgIpc) is 2.88. The quantitative estimate of drug-likeness (QED) is 0.800. The van der Waals surface area contributed by atoms with E-state index in [1.807, 2.05) is 6.20 Å². The second-order valence-corrected chi connectivity index (χ2v) is 7.83. The summed E-state index contributed by atoms with van der Waals surface area (Å²) >= 11 is 0. The first-order chi connectivity index (χ1) is 10.5. The van der Waals surface area contributed by atoms with Crippen molar-refractivity contribution in [3.63, 3.8) is 0 Å². The summed E-state index contributed by atoms with van der Waals surface area (Å²) < 4.78 is 1.79. The SMILES string of the molecule is CC(C)(C)n1cc(C(=O)N2CCCCC3CCCCC32)nn1. The Morgan fingerprint density at radius 3 is 2.50 bits per heavy atom. The lowest BCUT2D eigenvalue weighted by Crippen LogP contribution is -2.45. The van der Waals surface area contributed by atoms with E-state index in [1.165, 1.54) is 32.1 Å². The molecule has 1 aliphatic carbocycles. The molecular weight excluding hydrogens is 276 g/mol. The highest BCUT2D eigenvalue weighted by Crippen LogP contribution is 2.35. The largest absolute Gasteiger partial charge is 0.334 e. The summed E-state index contributed by atoms with van der Waals surface area (Å²) in [4.78, 5) is 15.1. The number of hydrogen-bond acceptors (Lipinski definition) is 3. The number of rotatable bonds is 1. The number of carbonyl (C=O) groups is 1. The highest BCUT2D eigenvalue weighted by atomic mass is 16.2. The molecular formula is C17H28N4O. The van der Waals surface area contributed by atoms with Gasteiger partial charge in [-0.05, 0) is 52.4 Å². The first-order valence-electron chi connectivity index (χ1n) is 8.70. The first-order valence-corrected chi connectivity index (χ1v) is 8.70. The van der Waals surface area contributed by atoms with E-state index in [-0.39, 0.29) is 11.4 Å². The molecule has 2 unspecified atom stereocenters. The minimum Gasteiger partial charge on any atom is -0.334 e. The van der Waals surface area contributed by atoms with Crippen LogP contribution in [0.25, 0.3) is 0 Å². The Balaban J connectivity index is 1.81. The topological polar surface area (TPSA) is 51.0 Å². The zero-order chi connectivity index (χ0) is 15.7. The fraction of sp³-hybridized carbons (Fsp3) is 0.824. The van der Waals surface area contributed by atoms with Crippen LogP contribution in [0.3, 0.4) is 0 Å². The van der Waals surface area contributed by atoms with Crippen molar-refractivity contribution in [2.24, 2.45) is 5.92 Å². The van der Waals surface area contributed by atoms with Gasteiger partial charge in [-0.25, -0.2) is 4.68 Å². The molecule has 0 bridgehead atoms. The molecule has 2 fully saturated rings. The molecule has 3 rings (SSSR count). The van der Waals surface area contributed by atoms with Crippen molar-refractivity contribution in [1.29, 1.82) is 0 Å². The van der Waals surface area contributed by atoms with Crippen LogP contribution in [0.1, 0.15) is 76.2 Å². The molecule has 1 amide bonds. The molecule has 2 aliphatic rings.